The molecule has 33 heavy (non-hydrogen) atoms. The maximum Gasteiger partial charge on any atom is 0.419 e. The van der Waals surface area contributed by atoms with Gasteiger partial charge >= 0.3 is 12.3 Å². The summed E-state index contributed by atoms with van der Waals surface area (Å²) in [6, 6.07) is 3.17. The first-order chi connectivity index (χ1) is 15.8. The number of H-pyrrole nitrogens is 1. The van der Waals surface area contributed by atoms with Gasteiger partial charge in [0.25, 0.3) is 0 Å². The largest absolute Gasteiger partial charge is 0.494 e. The molecule has 1 amide bonds. The lowest BCUT2D eigenvalue weighted by Crippen LogP contribution is -2.38. The van der Waals surface area contributed by atoms with E-state index in [1.807, 2.05) is 0 Å². The van der Waals surface area contributed by atoms with Crippen LogP contribution in [0.1, 0.15) is 18.4 Å². The van der Waals surface area contributed by atoms with Crippen molar-refractivity contribution in [1.29, 1.82) is 0 Å². The van der Waals surface area contributed by atoms with Crippen LogP contribution in [-0.4, -0.2) is 54.4 Å². The molecule has 1 aliphatic rings. The first-order valence-electron chi connectivity index (χ1n) is 10.3. The Labute approximate surface area is 187 Å². The van der Waals surface area contributed by atoms with Crippen molar-refractivity contribution in [3.05, 3.63) is 30.1 Å². The topological polar surface area (TPSA) is 113 Å². The number of amides is 1. The average molecular weight is 464 g/mol. The van der Waals surface area contributed by atoms with Crippen molar-refractivity contribution in [3.8, 4) is 17.0 Å². The van der Waals surface area contributed by atoms with Crippen molar-refractivity contribution in [2.24, 2.45) is 0 Å². The van der Waals surface area contributed by atoms with E-state index in [1.54, 1.807) is 12.1 Å². The second-order valence-corrected chi connectivity index (χ2v) is 7.53. The van der Waals surface area contributed by atoms with Crippen molar-refractivity contribution in [2.75, 3.05) is 37.9 Å². The molecule has 0 bridgehead atoms. The Kier molecular flexibility index (Phi) is 6.27. The number of halogens is 3. The van der Waals surface area contributed by atoms with Gasteiger partial charge in [-0.05, 0) is 31.5 Å². The fourth-order valence-electron chi connectivity index (χ4n) is 3.84. The van der Waals surface area contributed by atoms with Gasteiger partial charge in [0.05, 0.1) is 25.4 Å². The Bertz CT molecular complexity index is 1160. The number of hydrogen-bond donors (Lipinski definition) is 4. The summed E-state index contributed by atoms with van der Waals surface area (Å²) in [6.45, 7) is 1.58. The van der Waals surface area contributed by atoms with Gasteiger partial charge in [0.15, 0.2) is 0 Å². The van der Waals surface area contributed by atoms with Gasteiger partial charge in [0.1, 0.15) is 17.0 Å². The number of fused-ring (bicyclic) bond motifs is 1. The zero-order valence-electron chi connectivity index (χ0n) is 18.0. The number of hydrogen-bond acceptors (Lipinski definition) is 7. The van der Waals surface area contributed by atoms with Gasteiger partial charge in [-0.15, -0.1) is 0 Å². The summed E-state index contributed by atoms with van der Waals surface area (Å²) in [5.74, 6) is 0.426. The van der Waals surface area contributed by atoms with Crippen LogP contribution >= 0.6 is 0 Å². The quantitative estimate of drug-likeness (QED) is 0.452. The number of benzene rings is 1. The number of piperidine rings is 1. The standard InChI is InChI=1S/C21H23F3N6O3/c1-32-15-6-5-12-13(9-26-17(12)18(15)30-20(31)33-2)16-14(21(22,23)24)10-27-19(29-16)28-11-4-3-7-25-8-11/h5-6,9-11,25-26H,3-4,7-8H2,1-2H3,(H,30,31)(H,27,28,29)/t11-/m0/s1. The predicted octanol–water partition coefficient (Wildman–Crippen LogP) is 3.99. The van der Waals surface area contributed by atoms with Crippen molar-refractivity contribution in [2.45, 2.75) is 25.1 Å². The number of carbonyl (C=O) groups excluding carboxylic acids is 1. The lowest BCUT2D eigenvalue weighted by atomic mass is 10.0. The minimum atomic E-state index is -4.66. The molecule has 176 valence electrons. The van der Waals surface area contributed by atoms with E-state index in [4.69, 9.17) is 4.74 Å². The summed E-state index contributed by atoms with van der Waals surface area (Å²) in [7, 11) is 2.62. The summed E-state index contributed by atoms with van der Waals surface area (Å²) in [6.07, 6.45) is -1.40. The number of aromatic nitrogens is 3. The highest BCUT2D eigenvalue weighted by Gasteiger charge is 2.36. The van der Waals surface area contributed by atoms with Crippen molar-refractivity contribution < 1.29 is 27.4 Å². The zero-order valence-corrected chi connectivity index (χ0v) is 18.0. The molecule has 2 aromatic heterocycles. The maximum atomic E-state index is 13.8. The van der Waals surface area contributed by atoms with Crippen LogP contribution in [0.2, 0.25) is 0 Å². The number of aromatic amines is 1. The summed E-state index contributed by atoms with van der Waals surface area (Å²) in [5, 5.41) is 9.30. The molecular weight excluding hydrogens is 441 g/mol. The molecule has 4 N–H and O–H groups in total. The monoisotopic (exact) mass is 464 g/mol. The van der Waals surface area contributed by atoms with Gasteiger partial charge in [0.2, 0.25) is 5.95 Å². The molecule has 1 atom stereocenters. The number of alkyl halides is 3. The lowest BCUT2D eigenvalue weighted by Gasteiger charge is -2.24. The molecular formula is C21H23F3N6O3. The summed E-state index contributed by atoms with van der Waals surface area (Å²) in [5.41, 5.74) is -0.423. The van der Waals surface area contributed by atoms with Gasteiger partial charge in [-0.2, -0.15) is 13.2 Å². The Morgan fingerprint density at radius 2 is 2.09 bits per heavy atom. The van der Waals surface area contributed by atoms with Gasteiger partial charge in [0, 0.05) is 35.9 Å². The van der Waals surface area contributed by atoms with Crippen LogP contribution in [0.15, 0.2) is 24.5 Å². The molecule has 0 aliphatic carbocycles. The van der Waals surface area contributed by atoms with E-state index in [1.165, 1.54) is 20.4 Å². The Morgan fingerprint density at radius 1 is 1.27 bits per heavy atom. The molecule has 1 saturated heterocycles. The zero-order chi connectivity index (χ0) is 23.6. The molecule has 3 heterocycles. The molecule has 0 spiro atoms. The normalized spacial score (nSPS) is 16.5. The molecule has 0 saturated carbocycles. The molecule has 1 aromatic carbocycles. The van der Waals surface area contributed by atoms with E-state index >= 15 is 0 Å². The fraction of sp³-hybridized carbons (Fsp3) is 0.381. The molecule has 0 radical (unpaired) electrons. The Hall–Kier alpha value is -3.54. The van der Waals surface area contributed by atoms with E-state index < -0.39 is 17.8 Å². The number of nitrogens with zero attached hydrogens (tertiary/aromatic N) is 2. The maximum absolute atomic E-state index is 13.8. The Morgan fingerprint density at radius 3 is 2.76 bits per heavy atom. The first kappa shape index (κ1) is 22.6. The second kappa shape index (κ2) is 9.14. The summed E-state index contributed by atoms with van der Waals surface area (Å²) in [4.78, 5) is 22.9. The van der Waals surface area contributed by atoms with Crippen molar-refractivity contribution >= 4 is 28.6 Å². The third-order valence-electron chi connectivity index (χ3n) is 5.43. The lowest BCUT2D eigenvalue weighted by molar-refractivity contribution is -0.137. The van der Waals surface area contributed by atoms with E-state index in [-0.39, 0.29) is 28.9 Å². The van der Waals surface area contributed by atoms with Crippen LogP contribution in [0.25, 0.3) is 22.2 Å². The highest BCUT2D eigenvalue weighted by molar-refractivity contribution is 6.06. The number of methoxy groups -OCH3 is 2. The van der Waals surface area contributed by atoms with E-state index in [2.05, 4.69) is 35.6 Å². The van der Waals surface area contributed by atoms with Crippen molar-refractivity contribution in [1.82, 2.24) is 20.3 Å². The Balaban J connectivity index is 1.82. The summed E-state index contributed by atoms with van der Waals surface area (Å²) < 4.78 is 51.4. The van der Waals surface area contributed by atoms with E-state index in [0.29, 0.717) is 23.2 Å². The first-order valence-corrected chi connectivity index (χ1v) is 10.3. The third-order valence-corrected chi connectivity index (χ3v) is 5.43. The predicted molar refractivity (Wildman–Crippen MR) is 116 cm³/mol. The molecule has 9 nitrogen and oxygen atoms in total. The average Bonchev–Trinajstić information content (AvgIpc) is 3.23. The third kappa shape index (κ3) is 4.65. The van der Waals surface area contributed by atoms with E-state index in [9.17, 15) is 18.0 Å². The molecule has 12 heteroatoms. The summed E-state index contributed by atoms with van der Waals surface area (Å²) >= 11 is 0. The van der Waals surface area contributed by atoms with Gasteiger partial charge in [-0.25, -0.2) is 14.8 Å². The van der Waals surface area contributed by atoms with Crippen LogP contribution in [0, 0.1) is 0 Å². The van der Waals surface area contributed by atoms with Crippen LogP contribution in [0.5, 0.6) is 5.75 Å². The molecule has 1 aliphatic heterocycles. The van der Waals surface area contributed by atoms with Gasteiger partial charge in [-0.3, -0.25) is 5.32 Å². The number of carbonyl (C=O) groups is 1. The van der Waals surface area contributed by atoms with Crippen molar-refractivity contribution in [3.63, 3.8) is 0 Å². The van der Waals surface area contributed by atoms with Crippen LogP contribution in [0.4, 0.5) is 29.6 Å². The number of ether oxygens (including phenoxy) is 2. The highest BCUT2D eigenvalue weighted by atomic mass is 19.4. The second-order valence-electron chi connectivity index (χ2n) is 7.53. The number of anilines is 2. The van der Waals surface area contributed by atoms with E-state index in [0.717, 1.165) is 25.6 Å². The minimum absolute atomic E-state index is 0.0198. The van der Waals surface area contributed by atoms with Gasteiger partial charge in [-0.1, -0.05) is 0 Å². The number of nitrogens with one attached hydrogen (secondary N) is 4. The van der Waals surface area contributed by atoms with Gasteiger partial charge < -0.3 is 25.1 Å². The minimum Gasteiger partial charge on any atom is -0.494 e. The van der Waals surface area contributed by atoms with Crippen LogP contribution in [0.3, 0.4) is 0 Å². The SMILES string of the molecule is COC(=O)Nc1c(OC)ccc2c(-c3nc(N[C@H]4CCCNC4)ncc3C(F)(F)F)c[nH]c12. The molecule has 3 aromatic rings. The molecule has 0 unspecified atom stereocenters. The molecule has 1 fully saturated rings. The number of rotatable bonds is 5. The smallest absolute Gasteiger partial charge is 0.419 e. The molecule has 4 rings (SSSR count). The fourth-order valence-corrected chi connectivity index (χ4v) is 3.84. The van der Waals surface area contributed by atoms with Crippen LogP contribution in [-0.2, 0) is 10.9 Å². The van der Waals surface area contributed by atoms with Crippen LogP contribution < -0.4 is 20.7 Å². The highest BCUT2D eigenvalue weighted by Crippen LogP contribution is 2.42.